The molecule has 1 aromatic rings. The molecule has 1 rings (SSSR count). The normalized spacial score (nSPS) is 11.7. The second kappa shape index (κ2) is 12.3. The lowest BCUT2D eigenvalue weighted by atomic mass is 9.92. The largest absolute Gasteiger partial charge is 0.356 e. The molecule has 0 saturated carbocycles. The van der Waals surface area contributed by atoms with Crippen molar-refractivity contribution < 1.29 is 9.59 Å². The lowest BCUT2D eigenvalue weighted by Gasteiger charge is -2.25. The van der Waals surface area contributed by atoms with E-state index in [-0.39, 0.29) is 18.4 Å². The van der Waals surface area contributed by atoms with Gasteiger partial charge in [-0.3, -0.25) is 9.59 Å². The molecule has 0 atom stereocenters. The number of thioether (sulfide) groups is 1. The smallest absolute Gasteiger partial charge is 0.243 e. The van der Waals surface area contributed by atoms with Gasteiger partial charge in [0, 0.05) is 44.4 Å². The summed E-state index contributed by atoms with van der Waals surface area (Å²) in [5.41, 5.74) is -0.594. The summed E-state index contributed by atoms with van der Waals surface area (Å²) in [5.74, 6) is 1.28. The summed E-state index contributed by atoms with van der Waals surface area (Å²) in [6.45, 7) is 7.38. The summed E-state index contributed by atoms with van der Waals surface area (Å²) in [6, 6.07) is 10.2. The highest BCUT2D eigenvalue weighted by molar-refractivity contribution is 7.99. The molecular weight excluding hydrogens is 374 g/mol. The second-order valence-electron chi connectivity index (χ2n) is 7.14. The fourth-order valence-corrected chi connectivity index (χ4v) is 2.89. The van der Waals surface area contributed by atoms with E-state index in [1.54, 1.807) is 25.9 Å². The van der Waals surface area contributed by atoms with Crippen LogP contribution in [0.1, 0.15) is 20.8 Å². The van der Waals surface area contributed by atoms with Crippen LogP contribution >= 0.6 is 11.8 Å². The molecule has 8 heteroatoms. The molecule has 2 amide bonds. The number of likely N-dealkylation sites (N-methyl/N-ethyl adjacent to an activating group) is 1. The first-order valence-electron chi connectivity index (χ1n) is 9.44. The Balaban J connectivity index is 2.61. The van der Waals surface area contributed by atoms with E-state index in [1.807, 2.05) is 39.0 Å². The predicted molar refractivity (Wildman–Crippen MR) is 117 cm³/mol. The summed E-state index contributed by atoms with van der Waals surface area (Å²) in [5, 5.41) is 9.28. The minimum absolute atomic E-state index is 0.0224. The molecule has 0 heterocycles. The summed E-state index contributed by atoms with van der Waals surface area (Å²) >= 11 is 1.74. The predicted octanol–water partition coefficient (Wildman–Crippen LogP) is 1.56. The molecule has 0 bridgehead atoms. The van der Waals surface area contributed by atoms with Crippen molar-refractivity contribution in [2.24, 2.45) is 10.4 Å². The highest BCUT2D eigenvalue weighted by Gasteiger charge is 2.27. The zero-order chi connectivity index (χ0) is 21.0. The Hall–Kier alpha value is -2.22. The molecule has 0 spiro atoms. The van der Waals surface area contributed by atoms with Crippen LogP contribution in [0.4, 0.5) is 0 Å². The number of aliphatic imine (C=N–C) groups is 1. The van der Waals surface area contributed by atoms with Gasteiger partial charge < -0.3 is 20.9 Å². The zero-order valence-electron chi connectivity index (χ0n) is 17.5. The molecule has 0 radical (unpaired) electrons. The molecule has 0 unspecified atom stereocenters. The average Bonchev–Trinajstić information content (AvgIpc) is 2.67. The third-order valence-corrected chi connectivity index (χ3v) is 4.94. The Bertz CT molecular complexity index is 647. The van der Waals surface area contributed by atoms with Crippen LogP contribution in [0.2, 0.25) is 0 Å². The minimum atomic E-state index is -0.594. The zero-order valence-corrected chi connectivity index (χ0v) is 18.4. The maximum absolute atomic E-state index is 12.2. The molecular formula is C20H33N5O2S. The quantitative estimate of drug-likeness (QED) is 0.237. The lowest BCUT2D eigenvalue weighted by Crippen LogP contribution is -2.48. The van der Waals surface area contributed by atoms with Crippen LogP contribution in [0.25, 0.3) is 0 Å². The van der Waals surface area contributed by atoms with E-state index in [1.165, 1.54) is 9.80 Å². The first kappa shape index (κ1) is 23.8. The van der Waals surface area contributed by atoms with Crippen molar-refractivity contribution in [1.82, 2.24) is 20.9 Å². The van der Waals surface area contributed by atoms with Crippen LogP contribution in [0.3, 0.4) is 0 Å². The van der Waals surface area contributed by atoms with Crippen molar-refractivity contribution in [3.63, 3.8) is 0 Å². The van der Waals surface area contributed by atoms with Crippen molar-refractivity contribution >= 4 is 29.5 Å². The Morgan fingerprint density at radius 1 is 1.11 bits per heavy atom. The molecule has 0 saturated heterocycles. The number of nitrogens with zero attached hydrogens (tertiary/aromatic N) is 2. The van der Waals surface area contributed by atoms with E-state index < -0.39 is 5.41 Å². The van der Waals surface area contributed by atoms with E-state index in [2.05, 4.69) is 33.1 Å². The maximum Gasteiger partial charge on any atom is 0.243 e. The van der Waals surface area contributed by atoms with Crippen molar-refractivity contribution in [2.75, 3.05) is 46.0 Å². The number of rotatable bonds is 10. The number of carbonyl (C=O) groups excluding carboxylic acids is 2. The molecule has 0 fully saturated rings. The summed E-state index contributed by atoms with van der Waals surface area (Å²) < 4.78 is 0. The summed E-state index contributed by atoms with van der Waals surface area (Å²) in [7, 11) is 3.40. The van der Waals surface area contributed by atoms with Crippen molar-refractivity contribution in [3.8, 4) is 0 Å². The number of hydrogen-bond acceptors (Lipinski definition) is 4. The van der Waals surface area contributed by atoms with Gasteiger partial charge in [-0.2, -0.15) is 0 Å². The number of hydrogen-bond donors (Lipinski definition) is 3. The van der Waals surface area contributed by atoms with Gasteiger partial charge in [0.05, 0.1) is 5.41 Å². The Kier molecular flexibility index (Phi) is 10.4. The number of carbonyl (C=O) groups is 2. The van der Waals surface area contributed by atoms with Crippen LogP contribution in [0, 0.1) is 5.41 Å². The molecule has 3 N–H and O–H groups in total. The summed E-state index contributed by atoms with van der Waals surface area (Å²) in [4.78, 5) is 31.1. The van der Waals surface area contributed by atoms with E-state index in [4.69, 9.17) is 0 Å². The molecule has 1 aromatic carbocycles. The third-order valence-electron chi connectivity index (χ3n) is 3.93. The van der Waals surface area contributed by atoms with Crippen molar-refractivity contribution in [3.05, 3.63) is 30.3 Å². The van der Waals surface area contributed by atoms with Gasteiger partial charge in [0.15, 0.2) is 5.96 Å². The summed E-state index contributed by atoms with van der Waals surface area (Å²) in [6.07, 6.45) is 0. The van der Waals surface area contributed by atoms with Gasteiger partial charge in [-0.15, -0.1) is 11.8 Å². The molecule has 0 aromatic heterocycles. The van der Waals surface area contributed by atoms with E-state index in [9.17, 15) is 9.59 Å². The second-order valence-corrected chi connectivity index (χ2v) is 8.31. The van der Waals surface area contributed by atoms with Gasteiger partial charge >= 0.3 is 0 Å². The van der Waals surface area contributed by atoms with E-state index in [0.717, 1.165) is 5.75 Å². The lowest BCUT2D eigenvalue weighted by molar-refractivity contribution is -0.129. The SMILES string of the molecule is CCNC(=O)C(C)(C)CNC(=NCC(=O)N(C)C)NCCSc1ccccc1. The van der Waals surface area contributed by atoms with Gasteiger partial charge in [0.1, 0.15) is 6.54 Å². The van der Waals surface area contributed by atoms with Crippen LogP contribution in [-0.4, -0.2) is 68.7 Å². The number of nitrogens with one attached hydrogen (secondary N) is 3. The first-order valence-corrected chi connectivity index (χ1v) is 10.4. The number of guanidine groups is 1. The molecule has 7 nitrogen and oxygen atoms in total. The topological polar surface area (TPSA) is 85.8 Å². The number of amides is 2. The van der Waals surface area contributed by atoms with E-state index >= 15 is 0 Å². The Morgan fingerprint density at radius 3 is 2.39 bits per heavy atom. The van der Waals surface area contributed by atoms with Crippen molar-refractivity contribution in [2.45, 2.75) is 25.7 Å². The fourth-order valence-electron chi connectivity index (χ4n) is 2.10. The van der Waals surface area contributed by atoms with Gasteiger partial charge in [0.2, 0.25) is 11.8 Å². The van der Waals surface area contributed by atoms with Gasteiger partial charge in [-0.25, -0.2) is 4.99 Å². The minimum Gasteiger partial charge on any atom is -0.356 e. The monoisotopic (exact) mass is 407 g/mol. The van der Waals surface area contributed by atoms with Crippen LogP contribution in [0.15, 0.2) is 40.2 Å². The molecule has 0 aliphatic carbocycles. The highest BCUT2D eigenvalue weighted by Crippen LogP contribution is 2.16. The van der Waals surface area contributed by atoms with Crippen molar-refractivity contribution in [1.29, 1.82) is 0 Å². The molecule has 0 aliphatic heterocycles. The van der Waals surface area contributed by atoms with Gasteiger partial charge in [0.25, 0.3) is 0 Å². The molecule has 156 valence electrons. The fraction of sp³-hybridized carbons (Fsp3) is 0.550. The average molecular weight is 408 g/mol. The molecule has 28 heavy (non-hydrogen) atoms. The van der Waals surface area contributed by atoms with Crippen LogP contribution in [-0.2, 0) is 9.59 Å². The maximum atomic E-state index is 12.2. The van der Waals surface area contributed by atoms with Crippen LogP contribution < -0.4 is 16.0 Å². The standard InChI is InChI=1S/C20H33N5O2S/c1-6-21-18(27)20(2,3)15-24-19(23-14-17(26)25(4)5)22-12-13-28-16-10-8-7-9-11-16/h7-11H,6,12-15H2,1-5H3,(H,21,27)(H2,22,23,24). The Labute approximate surface area is 172 Å². The van der Waals surface area contributed by atoms with Gasteiger partial charge in [-0.1, -0.05) is 18.2 Å². The van der Waals surface area contributed by atoms with E-state index in [0.29, 0.717) is 25.6 Å². The number of benzene rings is 1. The van der Waals surface area contributed by atoms with Gasteiger partial charge in [-0.05, 0) is 32.9 Å². The Morgan fingerprint density at radius 2 is 1.79 bits per heavy atom. The molecule has 0 aliphatic rings. The highest BCUT2D eigenvalue weighted by atomic mass is 32.2. The third kappa shape index (κ3) is 9.12. The van der Waals surface area contributed by atoms with Crippen LogP contribution in [0.5, 0.6) is 0 Å². The first-order chi connectivity index (χ1) is 13.3.